The number of aromatic nitrogens is 2. The number of carbonyl (C=O) groups excluding carboxylic acids is 1. The Morgan fingerprint density at radius 2 is 1.69 bits per heavy atom. The predicted molar refractivity (Wildman–Crippen MR) is 128 cm³/mol. The number of aryl methyl sites for hydroxylation is 1. The lowest BCUT2D eigenvalue weighted by atomic mass is 9.93. The number of aliphatic carboxylic acids is 1. The van der Waals surface area contributed by atoms with E-state index in [1.807, 2.05) is 0 Å². The highest BCUT2D eigenvalue weighted by Gasteiger charge is 2.26. The van der Waals surface area contributed by atoms with Gasteiger partial charge in [-0.05, 0) is 34.0 Å². The molecule has 4 aromatic rings. The largest absolute Gasteiger partial charge is 0.494 e. The van der Waals surface area contributed by atoms with Crippen LogP contribution in [0.2, 0.25) is 0 Å². The summed E-state index contributed by atoms with van der Waals surface area (Å²) >= 11 is 0. The van der Waals surface area contributed by atoms with Gasteiger partial charge in [-0.25, -0.2) is 18.3 Å². The lowest BCUT2D eigenvalue weighted by Gasteiger charge is -2.17. The summed E-state index contributed by atoms with van der Waals surface area (Å²) in [6.07, 6.45) is 1.25. The maximum absolute atomic E-state index is 14.0. The SMILES string of the molecule is COc1cnn(C)c(=O)c1-c1cccc2c(C[C@H](NC(=O)c3c(F)cccc3F)C(=O)O)cccc12. The Labute approximate surface area is 203 Å². The molecule has 10 heteroatoms. The minimum atomic E-state index is -1.48. The molecule has 0 bridgehead atoms. The minimum absolute atomic E-state index is 0.177. The number of methoxy groups -OCH3 is 1. The standard InChI is InChI=1S/C26H21F2N3O5/c1-31-25(33)22(21(36-2)13-29-31)17-9-4-7-15-14(6-3-8-16(15)17)12-20(26(34)35)30-24(32)23-18(27)10-5-11-19(23)28/h3-11,13,20H,12H2,1-2H3,(H,30,32)(H,34,35)/t20-/m0/s1. The van der Waals surface area contributed by atoms with Crippen molar-refractivity contribution in [2.75, 3.05) is 7.11 Å². The molecule has 0 aliphatic carbocycles. The van der Waals surface area contributed by atoms with E-state index in [9.17, 15) is 28.3 Å². The highest BCUT2D eigenvalue weighted by atomic mass is 19.1. The average molecular weight is 493 g/mol. The van der Waals surface area contributed by atoms with Crippen LogP contribution < -0.4 is 15.6 Å². The fraction of sp³-hybridized carbons (Fsp3) is 0.154. The molecule has 1 aromatic heterocycles. The number of nitrogens with zero attached hydrogens (tertiary/aromatic N) is 2. The Morgan fingerprint density at radius 3 is 2.36 bits per heavy atom. The molecule has 184 valence electrons. The molecule has 4 rings (SSSR count). The van der Waals surface area contributed by atoms with Gasteiger partial charge in [0.2, 0.25) is 0 Å². The van der Waals surface area contributed by atoms with Crippen molar-refractivity contribution in [2.24, 2.45) is 7.05 Å². The van der Waals surface area contributed by atoms with E-state index in [1.165, 1.54) is 25.0 Å². The first-order valence-corrected chi connectivity index (χ1v) is 10.8. The van der Waals surface area contributed by atoms with Crippen LogP contribution in [0.4, 0.5) is 8.78 Å². The Kier molecular flexibility index (Phi) is 6.77. The lowest BCUT2D eigenvalue weighted by molar-refractivity contribution is -0.139. The van der Waals surface area contributed by atoms with Crippen LogP contribution in [0.5, 0.6) is 5.75 Å². The highest BCUT2D eigenvalue weighted by molar-refractivity contribution is 6.00. The number of carboxylic acid groups (broad SMARTS) is 1. The second-order valence-electron chi connectivity index (χ2n) is 8.00. The van der Waals surface area contributed by atoms with Gasteiger partial charge >= 0.3 is 5.97 Å². The van der Waals surface area contributed by atoms with E-state index in [2.05, 4.69) is 10.4 Å². The van der Waals surface area contributed by atoms with Gasteiger partial charge in [-0.3, -0.25) is 9.59 Å². The third-order valence-corrected chi connectivity index (χ3v) is 5.82. The molecule has 0 radical (unpaired) electrons. The first-order valence-electron chi connectivity index (χ1n) is 10.8. The molecule has 8 nitrogen and oxygen atoms in total. The van der Waals surface area contributed by atoms with Gasteiger partial charge in [0, 0.05) is 13.5 Å². The number of nitrogens with one attached hydrogen (secondary N) is 1. The number of fused-ring (bicyclic) bond motifs is 1. The van der Waals surface area contributed by atoms with Crippen molar-refractivity contribution in [3.05, 3.63) is 93.9 Å². The highest BCUT2D eigenvalue weighted by Crippen LogP contribution is 2.33. The van der Waals surface area contributed by atoms with Crippen molar-refractivity contribution in [3.8, 4) is 16.9 Å². The third kappa shape index (κ3) is 4.52. The van der Waals surface area contributed by atoms with Crippen LogP contribution in [0.25, 0.3) is 21.9 Å². The Hall–Kier alpha value is -4.60. The van der Waals surface area contributed by atoms with E-state index in [4.69, 9.17) is 4.74 Å². The number of benzene rings is 3. The topological polar surface area (TPSA) is 111 Å². The number of amides is 1. The van der Waals surface area contributed by atoms with Crippen LogP contribution in [0.3, 0.4) is 0 Å². The molecule has 0 saturated carbocycles. The summed E-state index contributed by atoms with van der Waals surface area (Å²) in [5, 5.41) is 17.2. The number of carbonyl (C=O) groups is 2. The summed E-state index contributed by atoms with van der Waals surface area (Å²) in [6.45, 7) is 0. The zero-order valence-corrected chi connectivity index (χ0v) is 19.3. The normalized spacial score (nSPS) is 11.8. The van der Waals surface area contributed by atoms with Crippen molar-refractivity contribution in [1.82, 2.24) is 15.1 Å². The van der Waals surface area contributed by atoms with Crippen LogP contribution in [0.15, 0.2) is 65.6 Å². The van der Waals surface area contributed by atoms with Crippen LogP contribution in [-0.2, 0) is 18.3 Å². The third-order valence-electron chi connectivity index (χ3n) is 5.82. The van der Waals surface area contributed by atoms with E-state index in [0.29, 0.717) is 21.9 Å². The van der Waals surface area contributed by atoms with Gasteiger partial charge in [-0.15, -0.1) is 0 Å². The second-order valence-corrected chi connectivity index (χ2v) is 8.00. The molecule has 0 spiro atoms. The van der Waals surface area contributed by atoms with E-state index < -0.39 is 35.1 Å². The van der Waals surface area contributed by atoms with Crippen molar-refractivity contribution in [1.29, 1.82) is 0 Å². The van der Waals surface area contributed by atoms with Gasteiger partial charge in [0.25, 0.3) is 11.5 Å². The second kappa shape index (κ2) is 9.95. The zero-order valence-electron chi connectivity index (χ0n) is 19.3. The maximum Gasteiger partial charge on any atom is 0.326 e. The van der Waals surface area contributed by atoms with Crippen LogP contribution >= 0.6 is 0 Å². The quantitative estimate of drug-likeness (QED) is 0.409. The molecule has 0 unspecified atom stereocenters. The van der Waals surface area contributed by atoms with Crippen molar-refractivity contribution in [3.63, 3.8) is 0 Å². The Morgan fingerprint density at radius 1 is 1.06 bits per heavy atom. The number of carboxylic acids is 1. The van der Waals surface area contributed by atoms with Gasteiger partial charge < -0.3 is 15.2 Å². The van der Waals surface area contributed by atoms with E-state index in [-0.39, 0.29) is 23.3 Å². The summed E-state index contributed by atoms with van der Waals surface area (Å²) in [5.74, 6) is -4.47. The van der Waals surface area contributed by atoms with E-state index >= 15 is 0 Å². The van der Waals surface area contributed by atoms with Crippen molar-refractivity contribution >= 4 is 22.6 Å². The smallest absolute Gasteiger partial charge is 0.326 e. The summed E-state index contributed by atoms with van der Waals surface area (Å²) in [5.41, 5.74) is 0.148. The molecule has 0 aliphatic rings. The van der Waals surface area contributed by atoms with Gasteiger partial charge in [0.15, 0.2) is 5.75 Å². The first-order chi connectivity index (χ1) is 17.2. The van der Waals surface area contributed by atoms with E-state index in [1.54, 1.807) is 36.4 Å². The summed E-state index contributed by atoms with van der Waals surface area (Å²) in [6, 6.07) is 11.8. The molecule has 0 aliphatic heterocycles. The van der Waals surface area contributed by atoms with Gasteiger partial charge in [0.1, 0.15) is 23.2 Å². The fourth-order valence-corrected chi connectivity index (χ4v) is 4.06. The molecule has 1 atom stereocenters. The zero-order chi connectivity index (χ0) is 26.0. The maximum atomic E-state index is 14.0. The van der Waals surface area contributed by atoms with Gasteiger partial charge in [-0.2, -0.15) is 5.10 Å². The molecule has 0 fully saturated rings. The van der Waals surface area contributed by atoms with Crippen LogP contribution in [-0.4, -0.2) is 39.9 Å². The number of ether oxygens (including phenoxy) is 1. The molecule has 1 amide bonds. The lowest BCUT2D eigenvalue weighted by Crippen LogP contribution is -2.43. The predicted octanol–water partition coefficient (Wildman–Crippen LogP) is 3.31. The first kappa shape index (κ1) is 24.5. The molecule has 1 heterocycles. The Bertz CT molecular complexity index is 1530. The molecule has 0 saturated heterocycles. The summed E-state index contributed by atoms with van der Waals surface area (Å²) in [7, 11) is 2.94. The summed E-state index contributed by atoms with van der Waals surface area (Å²) in [4.78, 5) is 37.4. The van der Waals surface area contributed by atoms with Gasteiger partial charge in [0.05, 0.1) is 18.9 Å². The molecular weight excluding hydrogens is 472 g/mol. The van der Waals surface area contributed by atoms with E-state index in [0.717, 1.165) is 18.2 Å². The monoisotopic (exact) mass is 493 g/mol. The minimum Gasteiger partial charge on any atom is -0.494 e. The number of hydrogen-bond donors (Lipinski definition) is 2. The fourth-order valence-electron chi connectivity index (χ4n) is 4.06. The van der Waals surface area contributed by atoms with Crippen LogP contribution in [0.1, 0.15) is 15.9 Å². The molecule has 3 aromatic carbocycles. The molecule has 36 heavy (non-hydrogen) atoms. The number of halogens is 2. The number of rotatable bonds is 7. The van der Waals surface area contributed by atoms with Crippen molar-refractivity contribution in [2.45, 2.75) is 12.5 Å². The average Bonchev–Trinajstić information content (AvgIpc) is 2.85. The van der Waals surface area contributed by atoms with Gasteiger partial charge in [-0.1, -0.05) is 42.5 Å². The number of hydrogen-bond acceptors (Lipinski definition) is 5. The van der Waals surface area contributed by atoms with Crippen LogP contribution in [0, 0.1) is 11.6 Å². The summed E-state index contributed by atoms with van der Waals surface area (Å²) < 4.78 is 34.6. The Balaban J connectivity index is 1.76. The molecular formula is C26H21F2N3O5. The van der Waals surface area contributed by atoms with Crippen molar-refractivity contribution < 1.29 is 28.2 Å². The molecule has 2 N–H and O–H groups in total.